The van der Waals surface area contributed by atoms with Crippen molar-refractivity contribution in [2.24, 2.45) is 0 Å². The molecular formula is C25H44O9S. The first-order valence-corrected chi connectivity index (χ1v) is 13.3. The molecule has 1 aromatic rings. The van der Waals surface area contributed by atoms with Crippen LogP contribution in [0.3, 0.4) is 0 Å². The zero-order valence-corrected chi connectivity index (χ0v) is 23.0. The van der Waals surface area contributed by atoms with Gasteiger partial charge in [-0.3, -0.25) is 4.55 Å². The van der Waals surface area contributed by atoms with Crippen molar-refractivity contribution in [3.63, 3.8) is 0 Å². The van der Waals surface area contributed by atoms with Gasteiger partial charge in [-0.2, -0.15) is 8.42 Å². The Kier molecular flexibility index (Phi) is 15.1. The maximum Gasteiger partial charge on any atom is 0.294 e. The molecule has 0 atom stereocenters. The van der Waals surface area contributed by atoms with Crippen molar-refractivity contribution in [3.05, 3.63) is 28.3 Å². The Balaban J connectivity index is 4.13. The summed E-state index contributed by atoms with van der Waals surface area (Å²) >= 11 is 0. The monoisotopic (exact) mass is 520 g/mol. The number of ether oxygens (including phenoxy) is 6. The van der Waals surface area contributed by atoms with E-state index in [4.69, 9.17) is 28.4 Å². The molecule has 0 spiro atoms. The second-order valence-electron chi connectivity index (χ2n) is 8.58. The van der Waals surface area contributed by atoms with Crippen LogP contribution in [0, 0.1) is 0 Å². The van der Waals surface area contributed by atoms with Crippen LogP contribution in [0.5, 0.6) is 0 Å². The molecule has 10 heteroatoms. The van der Waals surface area contributed by atoms with E-state index in [9.17, 15) is 13.0 Å². The van der Waals surface area contributed by atoms with Crippen molar-refractivity contribution in [2.45, 2.75) is 48.8 Å². The van der Waals surface area contributed by atoms with Gasteiger partial charge < -0.3 is 28.4 Å². The zero-order valence-electron chi connectivity index (χ0n) is 22.2. The van der Waals surface area contributed by atoms with Gasteiger partial charge in [-0.1, -0.05) is 0 Å². The molecular weight excluding hydrogens is 476 g/mol. The van der Waals surface area contributed by atoms with Gasteiger partial charge in [0.25, 0.3) is 10.1 Å². The third kappa shape index (κ3) is 9.36. The highest BCUT2D eigenvalue weighted by molar-refractivity contribution is 7.85. The average Bonchev–Trinajstić information content (AvgIpc) is 2.84. The lowest BCUT2D eigenvalue weighted by Crippen LogP contribution is -2.35. The molecule has 0 fully saturated rings. The molecule has 0 bridgehead atoms. The number of methoxy groups -OCH3 is 6. The number of hydrogen-bond donors (Lipinski definition) is 1. The molecule has 0 radical (unpaired) electrons. The lowest BCUT2D eigenvalue weighted by molar-refractivity contribution is 0.101. The molecule has 0 aliphatic heterocycles. The van der Waals surface area contributed by atoms with Gasteiger partial charge in [0.05, 0.1) is 24.7 Å². The molecule has 1 rings (SSSR count). The Morgan fingerprint density at radius 3 is 1.46 bits per heavy atom. The van der Waals surface area contributed by atoms with E-state index < -0.39 is 15.5 Å². The SMILES string of the molecule is COCCc1cc(S(=O)(=O)O)c(CCOC)c(CCOC)c1C(CCOC)(CCOC)CCOC. The molecule has 0 amide bonds. The Morgan fingerprint density at radius 2 is 1.06 bits per heavy atom. The van der Waals surface area contributed by atoms with Gasteiger partial charge in [-0.25, -0.2) is 0 Å². The van der Waals surface area contributed by atoms with Gasteiger partial charge in [-0.05, 0) is 66.8 Å². The summed E-state index contributed by atoms with van der Waals surface area (Å²) in [5.74, 6) is 0. The minimum absolute atomic E-state index is 0.0883. The second-order valence-corrected chi connectivity index (χ2v) is 9.97. The van der Waals surface area contributed by atoms with Crippen LogP contribution < -0.4 is 0 Å². The van der Waals surface area contributed by atoms with Crippen molar-refractivity contribution in [3.8, 4) is 0 Å². The summed E-state index contributed by atoms with van der Waals surface area (Å²) in [7, 11) is 5.30. The minimum Gasteiger partial charge on any atom is -0.385 e. The molecule has 1 N–H and O–H groups in total. The smallest absolute Gasteiger partial charge is 0.294 e. The summed E-state index contributed by atoms with van der Waals surface area (Å²) in [6, 6.07) is 1.60. The molecule has 0 aromatic heterocycles. The molecule has 0 saturated heterocycles. The van der Waals surface area contributed by atoms with Crippen molar-refractivity contribution in [1.82, 2.24) is 0 Å². The van der Waals surface area contributed by atoms with Gasteiger partial charge >= 0.3 is 0 Å². The maximum absolute atomic E-state index is 12.5. The van der Waals surface area contributed by atoms with Crippen LogP contribution in [0.1, 0.15) is 41.5 Å². The highest BCUT2D eigenvalue weighted by Gasteiger charge is 2.38. The van der Waals surface area contributed by atoms with Crippen molar-refractivity contribution in [1.29, 1.82) is 0 Å². The Morgan fingerprint density at radius 1 is 0.657 bits per heavy atom. The minimum atomic E-state index is -4.48. The van der Waals surface area contributed by atoms with E-state index in [2.05, 4.69) is 0 Å². The quantitative estimate of drug-likeness (QED) is 0.260. The lowest BCUT2D eigenvalue weighted by atomic mass is 9.67. The van der Waals surface area contributed by atoms with Crippen LogP contribution in [-0.2, 0) is 63.2 Å². The summed E-state index contributed by atoms with van der Waals surface area (Å²) in [5, 5.41) is 0. The Bertz CT molecular complexity index is 818. The first-order valence-electron chi connectivity index (χ1n) is 11.9. The topological polar surface area (TPSA) is 110 Å². The number of hydrogen-bond acceptors (Lipinski definition) is 8. The van der Waals surface area contributed by atoms with Crippen molar-refractivity contribution < 1.29 is 41.4 Å². The largest absolute Gasteiger partial charge is 0.385 e. The van der Waals surface area contributed by atoms with Crippen LogP contribution in [0.25, 0.3) is 0 Å². The number of rotatable bonds is 20. The van der Waals surface area contributed by atoms with E-state index in [-0.39, 0.29) is 4.90 Å². The predicted molar refractivity (Wildman–Crippen MR) is 134 cm³/mol. The third-order valence-electron chi connectivity index (χ3n) is 6.44. The van der Waals surface area contributed by atoms with Crippen molar-refractivity contribution in [2.75, 3.05) is 82.3 Å². The van der Waals surface area contributed by atoms with E-state index in [1.807, 2.05) is 0 Å². The summed E-state index contributed by atoms with van der Waals surface area (Å²) in [4.78, 5) is -0.0883. The fraction of sp³-hybridized carbons (Fsp3) is 0.760. The molecule has 1 aromatic carbocycles. The van der Waals surface area contributed by atoms with Crippen LogP contribution in [0.2, 0.25) is 0 Å². The first-order chi connectivity index (χ1) is 16.8. The van der Waals surface area contributed by atoms with Gasteiger partial charge in [-0.15, -0.1) is 0 Å². The van der Waals surface area contributed by atoms with E-state index >= 15 is 0 Å². The van der Waals surface area contributed by atoms with Crippen LogP contribution >= 0.6 is 0 Å². The van der Waals surface area contributed by atoms with E-state index in [0.717, 1.165) is 16.7 Å². The van der Waals surface area contributed by atoms with Crippen LogP contribution in [0.4, 0.5) is 0 Å². The van der Waals surface area contributed by atoms with Crippen molar-refractivity contribution >= 4 is 10.1 Å². The summed E-state index contributed by atoms with van der Waals surface area (Å²) in [5.41, 5.74) is 2.84. The third-order valence-corrected chi connectivity index (χ3v) is 7.36. The molecule has 35 heavy (non-hydrogen) atoms. The highest BCUT2D eigenvalue weighted by Crippen LogP contribution is 2.43. The molecule has 204 valence electrons. The Labute approximate surface area is 211 Å². The average molecular weight is 521 g/mol. The number of benzene rings is 1. The fourth-order valence-electron chi connectivity index (χ4n) is 4.71. The molecule has 0 unspecified atom stereocenters. The van der Waals surface area contributed by atoms with Crippen LogP contribution in [-0.4, -0.2) is 95.3 Å². The van der Waals surface area contributed by atoms with E-state index in [1.165, 1.54) is 0 Å². The van der Waals surface area contributed by atoms with Crippen LogP contribution in [0.15, 0.2) is 11.0 Å². The summed E-state index contributed by atoms with van der Waals surface area (Å²) in [6.07, 6.45) is 3.34. The molecule has 9 nitrogen and oxygen atoms in total. The summed E-state index contributed by atoms with van der Waals surface area (Å²) in [6.45, 7) is 2.62. The van der Waals surface area contributed by atoms with Gasteiger partial charge in [0, 0.05) is 67.9 Å². The molecule has 0 aliphatic carbocycles. The van der Waals surface area contributed by atoms with Gasteiger partial charge in [0.15, 0.2) is 0 Å². The maximum atomic E-state index is 12.5. The first kappa shape index (κ1) is 31.9. The van der Waals surface area contributed by atoms with E-state index in [1.54, 1.807) is 48.7 Å². The van der Waals surface area contributed by atoms with E-state index in [0.29, 0.717) is 83.7 Å². The molecule has 0 heterocycles. The standard InChI is InChI=1S/C25H44O9S/c1-29-13-7-20-19-23(35(26,27)28)21(8-14-30-2)22(9-15-31-3)24(20)25(10-16-32-4,11-17-33-5)12-18-34-6/h19H,7-18H2,1-6H3,(H,26,27,28). The molecule has 0 saturated carbocycles. The fourth-order valence-corrected chi connectivity index (χ4v) is 5.54. The zero-order chi connectivity index (χ0) is 26.3. The Hall–Kier alpha value is -1.11. The van der Waals surface area contributed by atoms with Gasteiger partial charge in [0.2, 0.25) is 0 Å². The highest BCUT2D eigenvalue weighted by atomic mass is 32.2. The second kappa shape index (κ2) is 16.6. The lowest BCUT2D eigenvalue weighted by Gasteiger charge is -2.39. The normalized spacial score (nSPS) is 12.4. The molecule has 0 aliphatic rings. The predicted octanol–water partition coefficient (Wildman–Crippen LogP) is 2.85. The summed E-state index contributed by atoms with van der Waals surface area (Å²) < 4.78 is 67.9. The van der Waals surface area contributed by atoms with Gasteiger partial charge in [0.1, 0.15) is 0 Å².